The van der Waals surface area contributed by atoms with Gasteiger partial charge in [0.15, 0.2) is 0 Å². The van der Waals surface area contributed by atoms with Crippen LogP contribution < -0.4 is 0 Å². The number of hydrogen-bond donors (Lipinski definition) is 0. The molecular weight excluding hydrogens is 1310 g/mol. The summed E-state index contributed by atoms with van der Waals surface area (Å²) < 4.78 is 9.90. The van der Waals surface area contributed by atoms with E-state index in [0.717, 1.165) is 55.9 Å². The highest BCUT2D eigenvalue weighted by atomic mass is 15.0. The Morgan fingerprint density at radius 1 is 0.111 bits per heavy atom. The molecule has 498 valence electrons. The fraction of sp³-hybridized carbons (Fsp3) is 0. The summed E-state index contributed by atoms with van der Waals surface area (Å²) in [5.41, 5.74) is 20.9. The Bertz CT molecular complexity index is 8070. The third kappa shape index (κ3) is 8.74. The second-order valence-electron chi connectivity index (χ2n) is 29.5. The molecule has 24 rings (SSSR count). The van der Waals surface area contributed by atoms with Gasteiger partial charge in [-0.2, -0.15) is 0 Å². The van der Waals surface area contributed by atoms with Crippen molar-refractivity contribution in [2.75, 3.05) is 0 Å². The zero-order valence-electron chi connectivity index (χ0n) is 58.6. The van der Waals surface area contributed by atoms with Gasteiger partial charge in [-0.05, 0) is 247 Å². The predicted molar refractivity (Wildman–Crippen MR) is 460 cm³/mol. The van der Waals surface area contributed by atoms with Crippen molar-refractivity contribution in [3.8, 4) is 56.1 Å². The molecule has 0 radical (unpaired) electrons. The molecule has 0 fully saturated rings. The van der Waals surface area contributed by atoms with Crippen LogP contribution in [0.5, 0.6) is 0 Å². The Morgan fingerprint density at radius 2 is 0.333 bits per heavy atom. The third-order valence-electron chi connectivity index (χ3n) is 23.8. The van der Waals surface area contributed by atoms with Crippen LogP contribution in [-0.4, -0.2) is 18.3 Å². The fourth-order valence-corrected chi connectivity index (χ4v) is 18.7. The molecule has 0 aliphatic rings. The average Bonchev–Trinajstić information content (AvgIpc) is 1.57. The number of nitrogens with zero attached hydrogens (tertiary/aromatic N) is 4. The maximum Gasteiger partial charge on any atom is 0.0547 e. The Labute approximate surface area is 619 Å². The molecule has 0 aliphatic heterocycles. The number of fused-ring (bicyclic) bond motifs is 24. The van der Waals surface area contributed by atoms with E-state index in [2.05, 4.69) is 394 Å². The van der Waals surface area contributed by atoms with Crippen molar-refractivity contribution in [2.45, 2.75) is 0 Å². The number of rotatable bonds is 7. The van der Waals surface area contributed by atoms with E-state index in [1.807, 2.05) is 0 Å². The molecule has 108 heavy (non-hydrogen) atoms. The largest absolute Gasteiger partial charge is 0.309 e. The number of para-hydroxylation sites is 2. The topological polar surface area (TPSA) is 19.7 Å². The van der Waals surface area contributed by atoms with Gasteiger partial charge in [0, 0.05) is 65.8 Å². The molecule has 4 heterocycles. The van der Waals surface area contributed by atoms with E-state index in [1.165, 1.54) is 174 Å². The van der Waals surface area contributed by atoms with Gasteiger partial charge < -0.3 is 18.3 Å². The smallest absolute Gasteiger partial charge is 0.0547 e. The lowest BCUT2D eigenvalue weighted by atomic mass is 9.98. The Balaban J connectivity index is 0.677. The molecule has 0 atom stereocenters. The third-order valence-corrected chi connectivity index (χ3v) is 23.8. The van der Waals surface area contributed by atoms with Crippen LogP contribution in [0.3, 0.4) is 0 Å². The maximum atomic E-state index is 2.51. The second-order valence-corrected chi connectivity index (χ2v) is 29.5. The summed E-state index contributed by atoms with van der Waals surface area (Å²) in [6.07, 6.45) is 0. The van der Waals surface area contributed by atoms with Gasteiger partial charge in [-0.1, -0.05) is 249 Å². The van der Waals surface area contributed by atoms with E-state index in [4.69, 9.17) is 0 Å². The van der Waals surface area contributed by atoms with Crippen molar-refractivity contribution < 1.29 is 0 Å². The van der Waals surface area contributed by atoms with Gasteiger partial charge in [-0.15, -0.1) is 0 Å². The van der Waals surface area contributed by atoms with Gasteiger partial charge in [0.05, 0.1) is 44.1 Å². The molecule has 4 aromatic heterocycles. The molecule has 4 nitrogen and oxygen atoms in total. The highest BCUT2D eigenvalue weighted by Crippen LogP contribution is 2.45. The molecule has 24 aromatic rings. The Hall–Kier alpha value is -14.3. The van der Waals surface area contributed by atoms with Gasteiger partial charge in [-0.25, -0.2) is 0 Å². The van der Waals surface area contributed by atoms with Crippen LogP contribution in [-0.2, 0) is 0 Å². The lowest BCUT2D eigenvalue weighted by Gasteiger charge is -2.12. The first-order chi connectivity index (χ1) is 53.5. The van der Waals surface area contributed by atoms with Gasteiger partial charge in [0.2, 0.25) is 0 Å². The standard InChI is InChI=1S/C104H62N4/c1-5-17-81-63(13-1)29-31-75-53-77(43-46-85(75)81)105-97-23-11-9-21-87(97)92-55-69(36-48-99(92)105)71-38-50-101-94(57-71)89-45-35-74(60-104(89)108(101)78-44-47-86-76(54-78)32-30-64-14-2-6-18-82(64)86)73-40-52-103-96(59-73)95-58-72(39-51-102(95)107(103)80-42-34-68-28-26-66-16-4-8-20-84(66)91(68)62-80)70-37-49-100-93(56-70)88-22-10-12-24-98(88)106(100)79-41-33-67-27-25-65-15-3-7-19-83(65)90(67)61-79/h1-62H. The highest BCUT2D eigenvalue weighted by Gasteiger charge is 2.23. The molecular formula is C104H62N4. The summed E-state index contributed by atoms with van der Waals surface area (Å²) in [6, 6.07) is 141. The molecule has 0 unspecified atom stereocenters. The van der Waals surface area contributed by atoms with Crippen molar-refractivity contribution in [1.82, 2.24) is 18.3 Å². The first-order valence-electron chi connectivity index (χ1n) is 37.4. The van der Waals surface area contributed by atoms with Crippen LogP contribution in [0, 0.1) is 0 Å². The minimum Gasteiger partial charge on any atom is -0.309 e. The van der Waals surface area contributed by atoms with Gasteiger partial charge in [-0.3, -0.25) is 0 Å². The predicted octanol–water partition coefficient (Wildman–Crippen LogP) is 28.3. The zero-order valence-corrected chi connectivity index (χ0v) is 58.6. The van der Waals surface area contributed by atoms with Crippen LogP contribution in [0.2, 0.25) is 0 Å². The van der Waals surface area contributed by atoms with E-state index in [1.54, 1.807) is 0 Å². The molecule has 4 heteroatoms. The quantitative estimate of drug-likeness (QED) is 0.142. The highest BCUT2D eigenvalue weighted by molar-refractivity contribution is 6.19. The SMILES string of the molecule is c1ccc2c(c1)ccc1cc(-n3c4ccccc4c4cc(-c5ccc6c(c5)c5ccc(-c7ccc8c(c7)c7cc(-c9ccc%10c(c9)c9ccccc9n%10-c9ccc%10ccc%11ccccc%11c%10c9)ccc7n8-c7ccc8ccc9ccccc9c8c7)cc5n6-c5ccc6c(ccc7ccccc76)c5)ccc43)ccc12. The van der Waals surface area contributed by atoms with Gasteiger partial charge >= 0.3 is 0 Å². The van der Waals surface area contributed by atoms with Crippen LogP contribution in [0.15, 0.2) is 376 Å². The molecule has 0 spiro atoms. The van der Waals surface area contributed by atoms with E-state index in [0.29, 0.717) is 0 Å². The zero-order chi connectivity index (χ0) is 70.4. The average molecular weight is 1370 g/mol. The van der Waals surface area contributed by atoms with E-state index in [-0.39, 0.29) is 0 Å². The van der Waals surface area contributed by atoms with Crippen LogP contribution in [0.25, 0.3) is 230 Å². The van der Waals surface area contributed by atoms with Crippen LogP contribution in [0.1, 0.15) is 0 Å². The van der Waals surface area contributed by atoms with E-state index in [9.17, 15) is 0 Å². The molecule has 0 aliphatic carbocycles. The summed E-state index contributed by atoms with van der Waals surface area (Å²) in [5.74, 6) is 0. The van der Waals surface area contributed by atoms with Crippen LogP contribution in [0.4, 0.5) is 0 Å². The van der Waals surface area contributed by atoms with Gasteiger partial charge in [0.1, 0.15) is 0 Å². The Morgan fingerprint density at radius 3 is 0.713 bits per heavy atom. The summed E-state index contributed by atoms with van der Waals surface area (Å²) in [7, 11) is 0. The molecule has 0 N–H and O–H groups in total. The number of benzene rings is 20. The van der Waals surface area contributed by atoms with Gasteiger partial charge in [0.25, 0.3) is 0 Å². The van der Waals surface area contributed by atoms with Crippen molar-refractivity contribution >= 4 is 173 Å². The van der Waals surface area contributed by atoms with Crippen molar-refractivity contribution in [1.29, 1.82) is 0 Å². The summed E-state index contributed by atoms with van der Waals surface area (Å²) in [4.78, 5) is 0. The van der Waals surface area contributed by atoms with Crippen molar-refractivity contribution in [3.63, 3.8) is 0 Å². The summed E-state index contributed by atoms with van der Waals surface area (Å²) in [5, 5.41) is 29.7. The first-order valence-corrected chi connectivity index (χ1v) is 37.4. The minimum absolute atomic E-state index is 1.12. The van der Waals surface area contributed by atoms with Crippen LogP contribution >= 0.6 is 0 Å². The van der Waals surface area contributed by atoms with E-state index >= 15 is 0 Å². The molecule has 0 saturated carbocycles. The molecule has 0 amide bonds. The second kappa shape index (κ2) is 22.6. The monoisotopic (exact) mass is 1370 g/mol. The lowest BCUT2D eigenvalue weighted by molar-refractivity contribution is 1.18. The number of aromatic nitrogens is 4. The fourth-order valence-electron chi connectivity index (χ4n) is 18.7. The molecule has 0 saturated heterocycles. The molecule has 20 aromatic carbocycles. The van der Waals surface area contributed by atoms with Crippen molar-refractivity contribution in [2.24, 2.45) is 0 Å². The normalized spacial score (nSPS) is 12.3. The lowest BCUT2D eigenvalue weighted by Crippen LogP contribution is -1.95. The summed E-state index contributed by atoms with van der Waals surface area (Å²) >= 11 is 0. The molecule has 0 bridgehead atoms. The first kappa shape index (κ1) is 59.1. The Kier molecular flexibility index (Phi) is 12.4. The maximum absolute atomic E-state index is 2.51. The number of hydrogen-bond acceptors (Lipinski definition) is 0. The van der Waals surface area contributed by atoms with E-state index < -0.39 is 0 Å². The van der Waals surface area contributed by atoms with Crippen molar-refractivity contribution in [3.05, 3.63) is 376 Å². The summed E-state index contributed by atoms with van der Waals surface area (Å²) in [6.45, 7) is 0. The minimum atomic E-state index is 1.12.